The number of benzene rings is 1. The standard InChI is InChI=1S/C20H26N2O2/c1-12-6-5-7-18(13(12)2)22-20(23)17-11-15-10-16(24-4)8-9-19(15)21-14(17)3/h8-13,18H,5-7H2,1-4H3,(H,22,23). The first-order valence-electron chi connectivity index (χ1n) is 8.76. The molecule has 1 heterocycles. The van der Waals surface area contributed by atoms with Gasteiger partial charge in [-0.15, -0.1) is 0 Å². The zero-order valence-electron chi connectivity index (χ0n) is 14.9. The number of nitrogens with zero attached hydrogens (tertiary/aromatic N) is 1. The molecular formula is C20H26N2O2. The van der Waals surface area contributed by atoms with Crippen LogP contribution in [0, 0.1) is 18.8 Å². The van der Waals surface area contributed by atoms with Gasteiger partial charge in [0.1, 0.15) is 5.75 Å². The molecule has 1 aliphatic carbocycles. The Kier molecular flexibility index (Phi) is 4.74. The predicted molar refractivity (Wildman–Crippen MR) is 96.5 cm³/mol. The lowest BCUT2D eigenvalue weighted by atomic mass is 9.78. The fraction of sp³-hybridized carbons (Fsp3) is 0.500. The molecule has 0 bridgehead atoms. The molecule has 24 heavy (non-hydrogen) atoms. The van der Waals surface area contributed by atoms with Gasteiger partial charge in [-0.3, -0.25) is 9.78 Å². The number of carbonyl (C=O) groups is 1. The van der Waals surface area contributed by atoms with E-state index >= 15 is 0 Å². The van der Waals surface area contributed by atoms with Crippen LogP contribution in [0.15, 0.2) is 24.3 Å². The third-order valence-corrected chi connectivity index (χ3v) is 5.48. The average molecular weight is 326 g/mol. The molecule has 1 saturated carbocycles. The lowest BCUT2D eigenvalue weighted by Gasteiger charge is -2.34. The molecule has 0 saturated heterocycles. The fourth-order valence-corrected chi connectivity index (χ4v) is 3.64. The van der Waals surface area contributed by atoms with Crippen molar-refractivity contribution in [2.45, 2.75) is 46.1 Å². The fourth-order valence-electron chi connectivity index (χ4n) is 3.64. The largest absolute Gasteiger partial charge is 0.497 e. The molecule has 2 aromatic rings. The second-order valence-corrected chi connectivity index (χ2v) is 7.03. The highest BCUT2D eigenvalue weighted by Gasteiger charge is 2.28. The number of carbonyl (C=O) groups excluding carboxylic acids is 1. The maximum absolute atomic E-state index is 12.8. The molecule has 1 aliphatic rings. The molecule has 4 heteroatoms. The van der Waals surface area contributed by atoms with Gasteiger partial charge in [0.2, 0.25) is 0 Å². The van der Waals surface area contributed by atoms with Crippen LogP contribution in [-0.2, 0) is 0 Å². The van der Waals surface area contributed by atoms with Crippen molar-refractivity contribution in [1.29, 1.82) is 0 Å². The van der Waals surface area contributed by atoms with Crippen LogP contribution < -0.4 is 10.1 Å². The quantitative estimate of drug-likeness (QED) is 0.923. The maximum Gasteiger partial charge on any atom is 0.253 e. The smallest absolute Gasteiger partial charge is 0.253 e. The van der Waals surface area contributed by atoms with E-state index in [0.717, 1.165) is 28.8 Å². The molecule has 1 aromatic heterocycles. The van der Waals surface area contributed by atoms with Gasteiger partial charge in [-0.1, -0.05) is 26.7 Å². The Morgan fingerprint density at radius 2 is 2.04 bits per heavy atom. The molecule has 0 radical (unpaired) electrons. The number of methoxy groups -OCH3 is 1. The zero-order chi connectivity index (χ0) is 17.3. The number of amides is 1. The Bertz CT molecular complexity index is 757. The molecule has 3 unspecified atom stereocenters. The number of hydrogen-bond acceptors (Lipinski definition) is 3. The normalized spacial score (nSPS) is 23.9. The van der Waals surface area contributed by atoms with Gasteiger partial charge in [0.25, 0.3) is 5.91 Å². The minimum Gasteiger partial charge on any atom is -0.497 e. The number of pyridine rings is 1. The van der Waals surface area contributed by atoms with Crippen molar-refractivity contribution in [3.05, 3.63) is 35.5 Å². The highest BCUT2D eigenvalue weighted by Crippen LogP contribution is 2.30. The summed E-state index contributed by atoms with van der Waals surface area (Å²) in [6, 6.07) is 7.91. The molecule has 4 nitrogen and oxygen atoms in total. The van der Waals surface area contributed by atoms with Crippen molar-refractivity contribution >= 4 is 16.8 Å². The van der Waals surface area contributed by atoms with Crippen molar-refractivity contribution in [1.82, 2.24) is 10.3 Å². The topological polar surface area (TPSA) is 51.2 Å². The van der Waals surface area contributed by atoms with E-state index in [1.807, 2.05) is 31.2 Å². The van der Waals surface area contributed by atoms with E-state index in [2.05, 4.69) is 24.1 Å². The number of rotatable bonds is 3. The van der Waals surface area contributed by atoms with E-state index in [0.29, 0.717) is 17.4 Å². The van der Waals surface area contributed by atoms with Crippen LogP contribution in [0.1, 0.15) is 49.2 Å². The summed E-state index contributed by atoms with van der Waals surface area (Å²) in [6.07, 6.45) is 3.50. The Morgan fingerprint density at radius 3 is 2.79 bits per heavy atom. The van der Waals surface area contributed by atoms with Gasteiger partial charge < -0.3 is 10.1 Å². The summed E-state index contributed by atoms with van der Waals surface area (Å²) in [7, 11) is 1.64. The van der Waals surface area contributed by atoms with Crippen LogP contribution >= 0.6 is 0 Å². The van der Waals surface area contributed by atoms with Crippen molar-refractivity contribution in [3.63, 3.8) is 0 Å². The molecule has 1 N–H and O–H groups in total. The van der Waals surface area contributed by atoms with Crippen LogP contribution in [0.4, 0.5) is 0 Å². The SMILES string of the molecule is COc1ccc2nc(C)c(C(=O)NC3CCCC(C)C3C)cc2c1. The monoisotopic (exact) mass is 326 g/mol. The number of nitrogens with one attached hydrogen (secondary N) is 1. The van der Waals surface area contributed by atoms with Crippen LogP contribution in [0.2, 0.25) is 0 Å². The minimum absolute atomic E-state index is 0.0179. The number of hydrogen-bond donors (Lipinski definition) is 1. The van der Waals surface area contributed by atoms with E-state index in [-0.39, 0.29) is 11.9 Å². The van der Waals surface area contributed by atoms with Gasteiger partial charge in [0, 0.05) is 11.4 Å². The summed E-state index contributed by atoms with van der Waals surface area (Å²) in [5, 5.41) is 4.17. The second kappa shape index (κ2) is 6.80. The van der Waals surface area contributed by atoms with Crippen molar-refractivity contribution in [2.75, 3.05) is 7.11 Å². The summed E-state index contributed by atoms with van der Waals surface area (Å²) < 4.78 is 5.27. The van der Waals surface area contributed by atoms with Crippen molar-refractivity contribution < 1.29 is 9.53 Å². The Balaban J connectivity index is 1.87. The molecule has 1 fully saturated rings. The summed E-state index contributed by atoms with van der Waals surface area (Å²) in [5.41, 5.74) is 2.30. The molecule has 128 valence electrons. The summed E-state index contributed by atoms with van der Waals surface area (Å²) in [4.78, 5) is 17.4. The van der Waals surface area contributed by atoms with Gasteiger partial charge in [-0.25, -0.2) is 0 Å². The molecule has 3 atom stereocenters. The predicted octanol–water partition coefficient (Wildman–Crippen LogP) is 4.11. The van der Waals surface area contributed by atoms with Gasteiger partial charge in [0.05, 0.1) is 23.9 Å². The van der Waals surface area contributed by atoms with Crippen LogP contribution in [-0.4, -0.2) is 24.0 Å². The molecular weight excluding hydrogens is 300 g/mol. The minimum atomic E-state index is -0.0179. The molecule has 0 aliphatic heterocycles. The van der Waals surface area contributed by atoms with E-state index < -0.39 is 0 Å². The summed E-state index contributed by atoms with van der Waals surface area (Å²) in [6.45, 7) is 6.41. The maximum atomic E-state index is 12.8. The van der Waals surface area contributed by atoms with Gasteiger partial charge >= 0.3 is 0 Å². The molecule has 3 rings (SSSR count). The molecule has 1 aromatic carbocycles. The van der Waals surface area contributed by atoms with Crippen LogP contribution in [0.3, 0.4) is 0 Å². The first-order chi connectivity index (χ1) is 11.5. The van der Waals surface area contributed by atoms with E-state index in [4.69, 9.17) is 4.74 Å². The third-order valence-electron chi connectivity index (χ3n) is 5.48. The van der Waals surface area contributed by atoms with Gasteiger partial charge in [-0.2, -0.15) is 0 Å². The number of ether oxygens (including phenoxy) is 1. The summed E-state index contributed by atoms with van der Waals surface area (Å²) in [5.74, 6) is 1.92. The van der Waals surface area contributed by atoms with E-state index in [1.165, 1.54) is 12.8 Å². The van der Waals surface area contributed by atoms with E-state index in [1.54, 1.807) is 7.11 Å². The van der Waals surface area contributed by atoms with Crippen LogP contribution in [0.5, 0.6) is 5.75 Å². The second-order valence-electron chi connectivity index (χ2n) is 7.03. The van der Waals surface area contributed by atoms with Crippen molar-refractivity contribution in [2.24, 2.45) is 11.8 Å². The Labute approximate surface area is 143 Å². The first kappa shape index (κ1) is 16.7. The zero-order valence-corrected chi connectivity index (χ0v) is 14.9. The average Bonchev–Trinajstić information content (AvgIpc) is 2.58. The Morgan fingerprint density at radius 1 is 1.25 bits per heavy atom. The number of fused-ring (bicyclic) bond motifs is 1. The third kappa shape index (κ3) is 3.23. The highest BCUT2D eigenvalue weighted by molar-refractivity contribution is 5.99. The summed E-state index contributed by atoms with van der Waals surface area (Å²) >= 11 is 0. The Hall–Kier alpha value is -2.10. The van der Waals surface area contributed by atoms with E-state index in [9.17, 15) is 4.79 Å². The number of aromatic nitrogens is 1. The molecule has 0 spiro atoms. The van der Waals surface area contributed by atoms with Crippen LogP contribution in [0.25, 0.3) is 10.9 Å². The number of aryl methyl sites for hydroxylation is 1. The van der Waals surface area contributed by atoms with Gasteiger partial charge in [0.15, 0.2) is 0 Å². The lowest BCUT2D eigenvalue weighted by Crippen LogP contribution is -2.43. The first-order valence-corrected chi connectivity index (χ1v) is 8.76. The lowest BCUT2D eigenvalue weighted by molar-refractivity contribution is 0.0890. The highest BCUT2D eigenvalue weighted by atomic mass is 16.5. The molecule has 1 amide bonds. The van der Waals surface area contributed by atoms with Gasteiger partial charge in [-0.05, 0) is 49.4 Å². The van der Waals surface area contributed by atoms with Crippen molar-refractivity contribution in [3.8, 4) is 5.75 Å².